The predicted molar refractivity (Wildman–Crippen MR) is 110 cm³/mol. The van der Waals surface area contributed by atoms with Crippen LogP contribution in [-0.4, -0.2) is 12.0 Å². The third-order valence-electron chi connectivity index (χ3n) is 4.16. The molecule has 1 N–H and O–H groups in total. The highest BCUT2D eigenvalue weighted by molar-refractivity contribution is 7.17. The first kappa shape index (κ1) is 19.0. The van der Waals surface area contributed by atoms with E-state index in [0.29, 0.717) is 22.2 Å². The summed E-state index contributed by atoms with van der Waals surface area (Å²) in [5.74, 6) is 0.279. The van der Waals surface area contributed by atoms with Gasteiger partial charge in [-0.2, -0.15) is 0 Å². The summed E-state index contributed by atoms with van der Waals surface area (Å²) in [7, 11) is 0. The molecular weight excluding hydrogens is 389 g/mol. The zero-order chi connectivity index (χ0) is 18.7. The minimum absolute atomic E-state index is 0.120. The van der Waals surface area contributed by atoms with Gasteiger partial charge in [0.25, 0.3) is 5.91 Å². The fourth-order valence-electron chi connectivity index (χ4n) is 2.69. The lowest BCUT2D eigenvalue weighted by molar-refractivity contribution is -0.128. The minimum Gasteiger partial charge on any atom is -0.479 e. The average Bonchev–Trinajstić information content (AvgIpc) is 3.08. The molecule has 0 aliphatic rings. The zero-order valence-corrected chi connectivity index (χ0v) is 16.8. The summed E-state index contributed by atoms with van der Waals surface area (Å²) in [6.07, 6.45) is -0.0952. The molecule has 0 fully saturated rings. The Kier molecular flexibility index (Phi) is 6.07. The molecule has 1 amide bonds. The number of carbonyl (C=O) groups is 1. The molecule has 0 radical (unpaired) electrons. The molecule has 2 unspecified atom stereocenters. The van der Waals surface area contributed by atoms with Crippen LogP contribution in [-0.2, 0) is 4.79 Å². The molecule has 1 heterocycles. The standard InChI is InChI=1S/C20H19Cl2NO2S/c1-3-17(25-18-6-5-15(21)11-16(18)22)20(24)23-12(2)13-4-7-19-14(10-13)8-9-26-19/h4-12,17H,3H2,1-2H3,(H,23,24). The maximum Gasteiger partial charge on any atom is 0.261 e. The number of hydrogen-bond donors (Lipinski definition) is 1. The normalized spacial score (nSPS) is 13.4. The van der Waals surface area contributed by atoms with Crippen molar-refractivity contribution in [3.8, 4) is 5.75 Å². The minimum atomic E-state index is -0.624. The fraction of sp³-hybridized carbons (Fsp3) is 0.250. The molecule has 0 aliphatic carbocycles. The first-order valence-electron chi connectivity index (χ1n) is 8.37. The Labute approximate surface area is 166 Å². The van der Waals surface area contributed by atoms with Crippen LogP contribution in [0, 0.1) is 0 Å². The molecule has 3 nitrogen and oxygen atoms in total. The third kappa shape index (κ3) is 4.32. The second-order valence-electron chi connectivity index (χ2n) is 6.04. The number of halogens is 2. The van der Waals surface area contributed by atoms with E-state index in [2.05, 4.69) is 28.9 Å². The lowest BCUT2D eigenvalue weighted by atomic mass is 10.1. The van der Waals surface area contributed by atoms with Crippen LogP contribution < -0.4 is 10.1 Å². The van der Waals surface area contributed by atoms with E-state index in [0.717, 1.165) is 5.56 Å². The van der Waals surface area contributed by atoms with Gasteiger partial charge in [0, 0.05) is 9.72 Å². The van der Waals surface area contributed by atoms with E-state index >= 15 is 0 Å². The molecule has 0 spiro atoms. The van der Waals surface area contributed by atoms with E-state index in [1.54, 1.807) is 29.5 Å². The maximum atomic E-state index is 12.7. The summed E-state index contributed by atoms with van der Waals surface area (Å²) in [5.41, 5.74) is 1.06. The number of carbonyl (C=O) groups excluding carboxylic acids is 1. The number of rotatable bonds is 6. The van der Waals surface area contributed by atoms with Crippen LogP contribution >= 0.6 is 34.5 Å². The number of amides is 1. The Morgan fingerprint density at radius 2 is 2.00 bits per heavy atom. The topological polar surface area (TPSA) is 38.3 Å². The Bertz CT molecular complexity index is 925. The first-order valence-corrected chi connectivity index (χ1v) is 10.0. The molecule has 0 saturated carbocycles. The molecule has 26 heavy (non-hydrogen) atoms. The average molecular weight is 408 g/mol. The second-order valence-corrected chi connectivity index (χ2v) is 7.83. The van der Waals surface area contributed by atoms with Gasteiger partial charge < -0.3 is 10.1 Å². The van der Waals surface area contributed by atoms with Crippen LogP contribution in [0.15, 0.2) is 47.8 Å². The van der Waals surface area contributed by atoms with E-state index in [-0.39, 0.29) is 11.9 Å². The summed E-state index contributed by atoms with van der Waals surface area (Å²) in [4.78, 5) is 12.7. The lowest BCUT2D eigenvalue weighted by Gasteiger charge is -2.21. The summed E-state index contributed by atoms with van der Waals surface area (Å²) in [6.45, 7) is 3.86. The number of thiophene rings is 1. The van der Waals surface area contributed by atoms with Crippen molar-refractivity contribution >= 4 is 50.5 Å². The summed E-state index contributed by atoms with van der Waals surface area (Å²) in [5, 5.41) is 7.19. The van der Waals surface area contributed by atoms with Gasteiger partial charge in [-0.25, -0.2) is 0 Å². The molecular formula is C20H19Cl2NO2S. The highest BCUT2D eigenvalue weighted by Crippen LogP contribution is 2.29. The smallest absolute Gasteiger partial charge is 0.261 e. The van der Waals surface area contributed by atoms with Crippen molar-refractivity contribution in [2.45, 2.75) is 32.4 Å². The Hall–Kier alpha value is -1.75. The van der Waals surface area contributed by atoms with E-state index in [9.17, 15) is 4.79 Å². The second kappa shape index (κ2) is 8.30. The predicted octanol–water partition coefficient (Wildman–Crippen LogP) is 6.24. The molecule has 2 aromatic carbocycles. The van der Waals surface area contributed by atoms with Crippen LogP contribution in [0.1, 0.15) is 31.9 Å². The number of ether oxygens (including phenoxy) is 1. The quantitative estimate of drug-likeness (QED) is 0.524. The van der Waals surface area contributed by atoms with Crippen molar-refractivity contribution in [3.63, 3.8) is 0 Å². The van der Waals surface area contributed by atoms with E-state index in [1.165, 1.54) is 10.1 Å². The lowest BCUT2D eigenvalue weighted by Crippen LogP contribution is -2.39. The van der Waals surface area contributed by atoms with Gasteiger partial charge >= 0.3 is 0 Å². The van der Waals surface area contributed by atoms with Crippen LogP contribution in [0.2, 0.25) is 10.0 Å². The molecule has 0 bridgehead atoms. The molecule has 3 rings (SSSR count). The SMILES string of the molecule is CCC(Oc1ccc(Cl)cc1Cl)C(=O)NC(C)c1ccc2sccc2c1. The van der Waals surface area contributed by atoms with E-state index in [1.807, 2.05) is 19.9 Å². The Morgan fingerprint density at radius 1 is 1.19 bits per heavy atom. The van der Waals surface area contributed by atoms with Crippen molar-refractivity contribution in [1.29, 1.82) is 0 Å². The number of hydrogen-bond acceptors (Lipinski definition) is 3. The molecule has 2 atom stereocenters. The summed E-state index contributed by atoms with van der Waals surface area (Å²) < 4.78 is 7.04. The van der Waals surface area contributed by atoms with Crippen LogP contribution in [0.4, 0.5) is 0 Å². The van der Waals surface area contributed by atoms with Gasteiger partial charge in [-0.05, 0) is 66.1 Å². The molecule has 6 heteroatoms. The largest absolute Gasteiger partial charge is 0.479 e. The first-order chi connectivity index (χ1) is 12.5. The van der Waals surface area contributed by atoms with Crippen molar-refractivity contribution in [3.05, 3.63) is 63.5 Å². The van der Waals surface area contributed by atoms with Gasteiger partial charge in [0.15, 0.2) is 6.10 Å². The number of benzene rings is 2. The van der Waals surface area contributed by atoms with Gasteiger partial charge in [0.2, 0.25) is 0 Å². The molecule has 136 valence electrons. The van der Waals surface area contributed by atoms with E-state index < -0.39 is 6.10 Å². The van der Waals surface area contributed by atoms with Crippen LogP contribution in [0.5, 0.6) is 5.75 Å². The monoisotopic (exact) mass is 407 g/mol. The molecule has 0 saturated heterocycles. The summed E-state index contributed by atoms with van der Waals surface area (Å²) in [6, 6.07) is 13.2. The fourth-order valence-corrected chi connectivity index (χ4v) is 3.91. The molecule has 3 aromatic rings. The number of nitrogens with one attached hydrogen (secondary N) is 1. The van der Waals surface area contributed by atoms with Gasteiger partial charge in [-0.1, -0.05) is 36.2 Å². The van der Waals surface area contributed by atoms with Gasteiger partial charge in [-0.15, -0.1) is 11.3 Å². The maximum absolute atomic E-state index is 12.7. The summed E-state index contributed by atoms with van der Waals surface area (Å²) >= 11 is 13.7. The van der Waals surface area contributed by atoms with Crippen molar-refractivity contribution in [1.82, 2.24) is 5.32 Å². The molecule has 0 aliphatic heterocycles. The van der Waals surface area contributed by atoms with Gasteiger partial charge in [0.1, 0.15) is 5.75 Å². The number of fused-ring (bicyclic) bond motifs is 1. The highest BCUT2D eigenvalue weighted by atomic mass is 35.5. The van der Waals surface area contributed by atoms with Crippen LogP contribution in [0.25, 0.3) is 10.1 Å². The van der Waals surface area contributed by atoms with Gasteiger partial charge in [-0.3, -0.25) is 4.79 Å². The van der Waals surface area contributed by atoms with Crippen LogP contribution in [0.3, 0.4) is 0 Å². The Morgan fingerprint density at radius 3 is 2.73 bits per heavy atom. The van der Waals surface area contributed by atoms with Gasteiger partial charge in [0.05, 0.1) is 11.1 Å². The Balaban J connectivity index is 1.69. The van der Waals surface area contributed by atoms with Crippen molar-refractivity contribution < 1.29 is 9.53 Å². The third-order valence-corrected chi connectivity index (χ3v) is 5.59. The zero-order valence-electron chi connectivity index (χ0n) is 14.5. The highest BCUT2D eigenvalue weighted by Gasteiger charge is 2.22. The van der Waals surface area contributed by atoms with Crippen molar-refractivity contribution in [2.24, 2.45) is 0 Å². The van der Waals surface area contributed by atoms with E-state index in [4.69, 9.17) is 27.9 Å². The molecule has 1 aromatic heterocycles. The van der Waals surface area contributed by atoms with Crippen molar-refractivity contribution in [2.75, 3.05) is 0 Å².